The summed E-state index contributed by atoms with van der Waals surface area (Å²) in [6, 6.07) is 4.09. The number of phenolic OH excluding ortho intramolecular Hbond substituents is 1. The zero-order valence-electron chi connectivity index (χ0n) is 17.0. The lowest BCUT2D eigenvalue weighted by molar-refractivity contribution is -0.213. The van der Waals surface area contributed by atoms with Gasteiger partial charge in [0.05, 0.1) is 11.3 Å². The van der Waals surface area contributed by atoms with Gasteiger partial charge in [-0.3, -0.25) is 9.69 Å². The van der Waals surface area contributed by atoms with Gasteiger partial charge in [-0.1, -0.05) is 24.3 Å². The summed E-state index contributed by atoms with van der Waals surface area (Å²) in [4.78, 5) is 15.4. The molecule has 1 saturated carbocycles. The van der Waals surface area contributed by atoms with Gasteiger partial charge >= 0.3 is 0 Å². The lowest BCUT2D eigenvalue weighted by Crippen LogP contribution is -2.79. The fraction of sp³-hybridized carbons (Fsp3) is 0.542. The minimum absolute atomic E-state index is 0.147. The summed E-state index contributed by atoms with van der Waals surface area (Å²) in [5.74, 6) is 0.703. The Morgan fingerprint density at radius 2 is 2.28 bits per heavy atom. The molecule has 4 aliphatic carbocycles. The quantitative estimate of drug-likeness (QED) is 0.797. The van der Waals surface area contributed by atoms with E-state index in [0.717, 1.165) is 32.4 Å². The number of methoxy groups -OCH3 is 1. The van der Waals surface area contributed by atoms with Gasteiger partial charge in [-0.05, 0) is 44.4 Å². The topological polar surface area (TPSA) is 59.0 Å². The number of hydrogen-bond donors (Lipinski definition) is 1. The molecule has 2 aliphatic heterocycles. The Morgan fingerprint density at radius 3 is 3.00 bits per heavy atom. The number of aromatic hydroxyl groups is 1. The first-order valence-corrected chi connectivity index (χ1v) is 10.6. The Balaban J connectivity index is 1.69. The van der Waals surface area contributed by atoms with Gasteiger partial charge in [-0.15, -0.1) is 6.58 Å². The number of fused-ring (bicyclic) bond motifs is 1. The van der Waals surface area contributed by atoms with E-state index in [-0.39, 0.29) is 40.4 Å². The van der Waals surface area contributed by atoms with Crippen molar-refractivity contribution in [2.45, 2.75) is 49.3 Å². The Kier molecular flexibility index (Phi) is 3.25. The number of Topliss-reactive ketones (excluding diaryl/α,β-unsaturated/α-hetero) is 1. The summed E-state index contributed by atoms with van der Waals surface area (Å²) >= 11 is 0. The van der Waals surface area contributed by atoms with E-state index in [4.69, 9.17) is 9.47 Å². The highest BCUT2D eigenvalue weighted by atomic mass is 16.6. The van der Waals surface area contributed by atoms with Gasteiger partial charge in [0, 0.05) is 30.7 Å². The van der Waals surface area contributed by atoms with Crippen LogP contribution in [0.5, 0.6) is 11.5 Å². The van der Waals surface area contributed by atoms with Crippen molar-refractivity contribution in [1.29, 1.82) is 0 Å². The minimum Gasteiger partial charge on any atom is -0.504 e. The molecule has 2 fully saturated rings. The van der Waals surface area contributed by atoms with Crippen LogP contribution in [0.25, 0.3) is 0 Å². The largest absolute Gasteiger partial charge is 0.504 e. The van der Waals surface area contributed by atoms with Crippen LogP contribution in [-0.2, 0) is 21.4 Å². The molecule has 7 rings (SSSR count). The number of carbonyl (C=O) groups excluding carboxylic acids is 1. The predicted octanol–water partition coefficient (Wildman–Crippen LogP) is 2.76. The summed E-state index contributed by atoms with van der Waals surface area (Å²) in [5.41, 5.74) is 1.16. The van der Waals surface area contributed by atoms with Crippen molar-refractivity contribution >= 4 is 5.78 Å². The maximum Gasteiger partial charge on any atom is 0.165 e. The molecule has 1 saturated heterocycles. The van der Waals surface area contributed by atoms with Crippen LogP contribution in [0.15, 0.2) is 36.9 Å². The number of carbonyl (C=O) groups is 1. The maximum atomic E-state index is 12.8. The molecular weight excluding hydrogens is 366 g/mol. The van der Waals surface area contributed by atoms with Gasteiger partial charge in [-0.25, -0.2) is 0 Å². The van der Waals surface area contributed by atoms with Crippen molar-refractivity contribution in [3.8, 4) is 11.5 Å². The monoisotopic (exact) mass is 393 g/mol. The molecular formula is C24H27NO4. The van der Waals surface area contributed by atoms with E-state index in [9.17, 15) is 9.90 Å². The van der Waals surface area contributed by atoms with Crippen LogP contribution in [0.2, 0.25) is 0 Å². The number of nitrogens with zero attached hydrogens (tertiary/aromatic N) is 1. The minimum atomic E-state index is -0.793. The van der Waals surface area contributed by atoms with Crippen LogP contribution in [-0.4, -0.2) is 53.7 Å². The van der Waals surface area contributed by atoms with Crippen molar-refractivity contribution < 1.29 is 19.4 Å². The summed E-state index contributed by atoms with van der Waals surface area (Å²) in [6.07, 6.45) is 8.71. The zero-order chi connectivity index (χ0) is 20.2. The number of piperidine rings is 1. The standard InChI is InChI=1S/C24H27NO4/c1-4-10-25-11-9-23-19-15-5-6-17(27)20(19)29-21(23)24(28-3)8-7-22(23,18(25)12-15)13-16(24)14(2)26/h4-8,16,18,21,27H,1,9-13H2,2-3H3/t16-,18-,21-,22+,23+,24?/m1/s1. The molecule has 5 nitrogen and oxygen atoms in total. The molecule has 1 aromatic carbocycles. The summed E-state index contributed by atoms with van der Waals surface area (Å²) in [5, 5.41) is 10.7. The van der Waals surface area contributed by atoms with E-state index >= 15 is 0 Å². The molecule has 4 bridgehead atoms. The van der Waals surface area contributed by atoms with Crippen molar-refractivity contribution in [1.82, 2.24) is 4.90 Å². The van der Waals surface area contributed by atoms with E-state index in [1.165, 1.54) is 11.1 Å². The average molecular weight is 393 g/mol. The molecule has 1 N–H and O–H groups in total. The predicted molar refractivity (Wildman–Crippen MR) is 108 cm³/mol. The fourth-order valence-electron chi connectivity index (χ4n) is 7.77. The first-order valence-electron chi connectivity index (χ1n) is 10.6. The summed E-state index contributed by atoms with van der Waals surface area (Å²) in [6.45, 7) is 7.44. The zero-order valence-corrected chi connectivity index (χ0v) is 17.0. The number of benzene rings is 1. The Bertz CT molecular complexity index is 985. The van der Waals surface area contributed by atoms with Gasteiger partial charge in [0.2, 0.25) is 0 Å². The van der Waals surface area contributed by atoms with Crippen LogP contribution < -0.4 is 4.74 Å². The van der Waals surface area contributed by atoms with E-state index in [2.05, 4.69) is 29.7 Å². The lowest BCUT2D eigenvalue weighted by atomic mass is 9.37. The number of rotatable bonds is 4. The highest BCUT2D eigenvalue weighted by molar-refractivity contribution is 5.82. The third-order valence-corrected chi connectivity index (χ3v) is 8.77. The fourth-order valence-corrected chi connectivity index (χ4v) is 7.77. The molecule has 0 aromatic heterocycles. The van der Waals surface area contributed by atoms with Crippen molar-refractivity contribution in [2.75, 3.05) is 20.2 Å². The molecule has 6 aliphatic rings. The highest BCUT2D eigenvalue weighted by Crippen LogP contribution is 2.74. The van der Waals surface area contributed by atoms with Crippen molar-refractivity contribution in [3.05, 3.63) is 48.1 Å². The van der Waals surface area contributed by atoms with E-state index in [1.807, 2.05) is 6.08 Å². The Labute approximate surface area is 171 Å². The third-order valence-electron chi connectivity index (χ3n) is 8.77. The summed E-state index contributed by atoms with van der Waals surface area (Å²) < 4.78 is 12.7. The second kappa shape index (κ2) is 5.32. The molecule has 152 valence electrons. The molecule has 0 radical (unpaired) electrons. The third kappa shape index (κ3) is 1.68. The van der Waals surface area contributed by atoms with E-state index in [1.54, 1.807) is 20.1 Å². The molecule has 0 amide bonds. The highest BCUT2D eigenvalue weighted by Gasteiger charge is 2.79. The second-order valence-corrected chi connectivity index (χ2v) is 9.47. The van der Waals surface area contributed by atoms with Crippen molar-refractivity contribution in [2.24, 2.45) is 11.3 Å². The van der Waals surface area contributed by atoms with Crippen LogP contribution in [0, 0.1) is 11.3 Å². The van der Waals surface area contributed by atoms with Crippen LogP contribution in [0.3, 0.4) is 0 Å². The molecule has 1 aromatic rings. The number of likely N-dealkylation sites (tertiary alicyclic amines) is 1. The molecule has 5 heteroatoms. The first-order chi connectivity index (χ1) is 13.9. The number of ether oxygens (including phenoxy) is 2. The van der Waals surface area contributed by atoms with Gasteiger partial charge < -0.3 is 14.6 Å². The van der Waals surface area contributed by atoms with Crippen LogP contribution in [0.1, 0.15) is 30.9 Å². The Hall–Kier alpha value is -2.11. The second-order valence-electron chi connectivity index (χ2n) is 9.47. The number of hydrogen-bond acceptors (Lipinski definition) is 5. The number of ketones is 1. The van der Waals surface area contributed by atoms with E-state index in [0.29, 0.717) is 5.75 Å². The van der Waals surface area contributed by atoms with Gasteiger partial charge in [0.25, 0.3) is 0 Å². The van der Waals surface area contributed by atoms with Crippen LogP contribution in [0.4, 0.5) is 0 Å². The molecule has 6 atom stereocenters. The van der Waals surface area contributed by atoms with Gasteiger partial charge in [-0.2, -0.15) is 0 Å². The maximum absolute atomic E-state index is 12.8. The van der Waals surface area contributed by atoms with Crippen molar-refractivity contribution in [3.63, 3.8) is 0 Å². The molecule has 29 heavy (non-hydrogen) atoms. The van der Waals surface area contributed by atoms with Crippen LogP contribution >= 0.6 is 0 Å². The van der Waals surface area contributed by atoms with E-state index < -0.39 is 5.60 Å². The normalized spacial score (nSPS) is 43.0. The lowest BCUT2D eigenvalue weighted by Gasteiger charge is -2.71. The SMILES string of the molecule is C=CCN1CC[C@]23c4c5ccc(O)c4O[C@H]2C2(OC)C=C[C@]3(C[C@@H]2C(C)=O)[C@H]1C5. The summed E-state index contributed by atoms with van der Waals surface area (Å²) in [7, 11) is 1.69. The molecule has 2 spiro atoms. The first kappa shape index (κ1) is 17.7. The smallest absolute Gasteiger partial charge is 0.165 e. The van der Waals surface area contributed by atoms with Gasteiger partial charge in [0.15, 0.2) is 11.5 Å². The van der Waals surface area contributed by atoms with Gasteiger partial charge in [0.1, 0.15) is 17.5 Å². The molecule has 2 heterocycles. The average Bonchev–Trinajstić information content (AvgIpc) is 3.08. The Morgan fingerprint density at radius 1 is 1.45 bits per heavy atom. The number of phenols is 1. The molecule has 1 unspecified atom stereocenters.